The first-order valence-electron chi connectivity index (χ1n) is 10.1. The first-order valence-corrected chi connectivity index (χ1v) is 10.1. The Morgan fingerprint density at radius 1 is 1.11 bits per heavy atom. The minimum Gasteiger partial charge on any atom is -0.465 e. The molecule has 1 aliphatic rings. The van der Waals surface area contributed by atoms with Crippen molar-refractivity contribution in [3.63, 3.8) is 0 Å². The summed E-state index contributed by atoms with van der Waals surface area (Å²) in [5.74, 6) is -6.87. The molecule has 1 aliphatic heterocycles. The highest BCUT2D eigenvalue weighted by atomic mass is 19.4. The Hall–Kier alpha value is -3.78. The summed E-state index contributed by atoms with van der Waals surface area (Å²) < 4.78 is 81.6. The lowest BCUT2D eigenvalue weighted by atomic mass is 10.0. The van der Waals surface area contributed by atoms with Gasteiger partial charge in [-0.05, 0) is 18.1 Å². The van der Waals surface area contributed by atoms with Gasteiger partial charge in [-0.2, -0.15) is 13.2 Å². The van der Waals surface area contributed by atoms with Crippen molar-refractivity contribution in [1.82, 2.24) is 25.1 Å². The molecule has 0 unspecified atom stereocenters. The molecule has 0 aliphatic carbocycles. The second-order valence-corrected chi connectivity index (χ2v) is 7.69. The van der Waals surface area contributed by atoms with Crippen LogP contribution in [0.25, 0.3) is 0 Å². The third kappa shape index (κ3) is 5.66. The van der Waals surface area contributed by atoms with Crippen LogP contribution in [0, 0.1) is 17.5 Å². The van der Waals surface area contributed by atoms with Gasteiger partial charge in [0.2, 0.25) is 11.7 Å². The van der Waals surface area contributed by atoms with E-state index in [-0.39, 0.29) is 30.4 Å². The van der Waals surface area contributed by atoms with Crippen molar-refractivity contribution in [1.29, 1.82) is 0 Å². The molecule has 3 rings (SSSR count). The van der Waals surface area contributed by atoms with Crippen LogP contribution in [0.15, 0.2) is 12.1 Å². The van der Waals surface area contributed by atoms with Gasteiger partial charge in [0.15, 0.2) is 17.3 Å². The van der Waals surface area contributed by atoms with Crippen LogP contribution in [-0.2, 0) is 30.5 Å². The molecule has 0 fully saturated rings. The topological polar surface area (TPSA) is 117 Å². The average molecular weight is 507 g/mol. The zero-order valence-corrected chi connectivity index (χ0v) is 18.0. The number of rotatable bonds is 6. The molecule has 1 aromatic heterocycles. The number of imidazole rings is 1. The highest BCUT2D eigenvalue weighted by Crippen LogP contribution is 2.32. The van der Waals surface area contributed by atoms with E-state index in [4.69, 9.17) is 5.11 Å². The van der Waals surface area contributed by atoms with Crippen molar-refractivity contribution in [2.24, 2.45) is 0 Å². The monoisotopic (exact) mass is 507 g/mol. The van der Waals surface area contributed by atoms with Crippen LogP contribution in [-0.4, -0.2) is 57.1 Å². The van der Waals surface area contributed by atoms with Crippen LogP contribution in [0.2, 0.25) is 0 Å². The molecule has 3 N–H and O–H groups in total. The average Bonchev–Trinajstić information content (AvgIpc) is 3.15. The molecule has 190 valence electrons. The van der Waals surface area contributed by atoms with Gasteiger partial charge in [0, 0.05) is 38.7 Å². The summed E-state index contributed by atoms with van der Waals surface area (Å²) in [6.45, 7) is -0.976. The number of amides is 3. The number of carbonyl (C=O) groups is 3. The van der Waals surface area contributed by atoms with Crippen molar-refractivity contribution in [2.45, 2.75) is 38.1 Å². The summed E-state index contributed by atoms with van der Waals surface area (Å²) in [6.07, 6.45) is -7.49. The first kappa shape index (κ1) is 25.8. The van der Waals surface area contributed by atoms with Gasteiger partial charge in [-0.15, -0.1) is 0 Å². The standard InChI is InChI=1S/C20H19F6N5O4/c1-27-17(33)16-14-8-30(2-3-31(14)18(29-16)20(24,25)26)15(32)6-10(28-19(34)35)4-9-5-12(22)13(23)7-11(9)21/h5,7,10,28H,2-4,6,8H2,1H3,(H,27,33)(H,34,35)/t10-/m1/s1. The van der Waals surface area contributed by atoms with E-state index in [0.717, 1.165) is 9.47 Å². The highest BCUT2D eigenvalue weighted by molar-refractivity contribution is 5.93. The molecule has 0 bridgehead atoms. The molecule has 0 saturated carbocycles. The number of fused-ring (bicyclic) bond motifs is 1. The Morgan fingerprint density at radius 2 is 1.77 bits per heavy atom. The van der Waals surface area contributed by atoms with Crippen LogP contribution < -0.4 is 10.6 Å². The first-order chi connectivity index (χ1) is 16.3. The summed E-state index contributed by atoms with van der Waals surface area (Å²) in [5.41, 5.74) is -1.06. The van der Waals surface area contributed by atoms with Gasteiger partial charge in [0.1, 0.15) is 5.82 Å². The van der Waals surface area contributed by atoms with Gasteiger partial charge >= 0.3 is 12.3 Å². The minimum absolute atomic E-state index is 0.161. The van der Waals surface area contributed by atoms with Crippen molar-refractivity contribution in [3.8, 4) is 0 Å². The summed E-state index contributed by atoms with van der Waals surface area (Å²) in [7, 11) is 1.20. The van der Waals surface area contributed by atoms with Gasteiger partial charge in [0.25, 0.3) is 5.91 Å². The van der Waals surface area contributed by atoms with Crippen molar-refractivity contribution in [2.75, 3.05) is 13.6 Å². The Bertz CT molecular complexity index is 1170. The molecular weight excluding hydrogens is 488 g/mol. The van der Waals surface area contributed by atoms with E-state index < -0.39 is 78.5 Å². The maximum atomic E-state index is 14.0. The third-order valence-electron chi connectivity index (χ3n) is 5.36. The minimum atomic E-state index is -4.85. The Labute approximate surface area is 193 Å². The van der Waals surface area contributed by atoms with E-state index in [1.54, 1.807) is 0 Å². The third-order valence-corrected chi connectivity index (χ3v) is 5.36. The number of aromatic nitrogens is 2. The number of alkyl halides is 3. The fraction of sp³-hybridized carbons (Fsp3) is 0.400. The van der Waals surface area contributed by atoms with Crippen LogP contribution in [0.4, 0.5) is 31.1 Å². The normalized spacial score (nSPS) is 14.3. The number of carbonyl (C=O) groups excluding carboxylic acids is 2. The number of benzene rings is 1. The molecule has 2 aromatic rings. The molecule has 9 nitrogen and oxygen atoms in total. The summed E-state index contributed by atoms with van der Waals surface area (Å²) in [4.78, 5) is 40.6. The van der Waals surface area contributed by atoms with Crippen molar-refractivity contribution in [3.05, 3.63) is 52.4 Å². The molecule has 0 saturated heterocycles. The Morgan fingerprint density at radius 3 is 2.37 bits per heavy atom. The summed E-state index contributed by atoms with van der Waals surface area (Å²) >= 11 is 0. The number of nitrogens with zero attached hydrogens (tertiary/aromatic N) is 3. The molecule has 35 heavy (non-hydrogen) atoms. The Kier molecular flexibility index (Phi) is 7.26. The fourth-order valence-electron chi connectivity index (χ4n) is 3.77. The molecular formula is C20H19F6N5O4. The van der Waals surface area contributed by atoms with E-state index in [1.807, 2.05) is 5.32 Å². The zero-order chi connectivity index (χ0) is 26.1. The van der Waals surface area contributed by atoms with E-state index in [0.29, 0.717) is 6.07 Å². The quantitative estimate of drug-likeness (QED) is 0.410. The second kappa shape index (κ2) is 9.84. The molecule has 1 aromatic carbocycles. The predicted molar refractivity (Wildman–Crippen MR) is 106 cm³/mol. The van der Waals surface area contributed by atoms with Crippen LogP contribution in [0.5, 0.6) is 0 Å². The number of hydrogen-bond acceptors (Lipinski definition) is 4. The number of carboxylic acid groups (broad SMARTS) is 1. The SMILES string of the molecule is CNC(=O)c1nc(C(F)(F)F)n2c1CN(C(=O)C[C@@H](Cc1cc(F)c(F)cc1F)NC(=O)O)CC2. The fourth-order valence-corrected chi connectivity index (χ4v) is 3.77. The molecule has 0 radical (unpaired) electrons. The molecule has 15 heteroatoms. The van der Waals surface area contributed by atoms with E-state index in [9.17, 15) is 40.7 Å². The van der Waals surface area contributed by atoms with E-state index >= 15 is 0 Å². The maximum absolute atomic E-state index is 14.0. The lowest BCUT2D eigenvalue weighted by Crippen LogP contribution is -2.44. The smallest absolute Gasteiger partial charge is 0.449 e. The number of halogens is 6. The van der Waals surface area contributed by atoms with Gasteiger partial charge in [-0.3, -0.25) is 9.59 Å². The predicted octanol–water partition coefficient (Wildman–Crippen LogP) is 2.29. The van der Waals surface area contributed by atoms with E-state index in [2.05, 4.69) is 10.3 Å². The van der Waals surface area contributed by atoms with Crippen LogP contribution in [0.1, 0.15) is 34.0 Å². The number of nitrogens with one attached hydrogen (secondary N) is 2. The lowest BCUT2D eigenvalue weighted by Gasteiger charge is -2.31. The molecule has 1 atom stereocenters. The molecule has 2 heterocycles. The largest absolute Gasteiger partial charge is 0.465 e. The summed E-state index contributed by atoms with van der Waals surface area (Å²) in [5, 5.41) is 13.2. The van der Waals surface area contributed by atoms with Crippen molar-refractivity contribution < 1.29 is 45.8 Å². The van der Waals surface area contributed by atoms with Crippen LogP contribution >= 0.6 is 0 Å². The zero-order valence-electron chi connectivity index (χ0n) is 18.0. The van der Waals surface area contributed by atoms with Crippen LogP contribution in [0.3, 0.4) is 0 Å². The lowest BCUT2D eigenvalue weighted by molar-refractivity contribution is -0.148. The van der Waals surface area contributed by atoms with Gasteiger partial charge in [-0.25, -0.2) is 22.9 Å². The van der Waals surface area contributed by atoms with Crippen molar-refractivity contribution >= 4 is 17.9 Å². The highest BCUT2D eigenvalue weighted by Gasteiger charge is 2.41. The van der Waals surface area contributed by atoms with Gasteiger partial charge in [0.05, 0.1) is 12.2 Å². The second-order valence-electron chi connectivity index (χ2n) is 7.69. The Balaban J connectivity index is 1.83. The van der Waals surface area contributed by atoms with Gasteiger partial charge in [-0.1, -0.05) is 0 Å². The molecule has 3 amide bonds. The number of hydrogen-bond donors (Lipinski definition) is 3. The maximum Gasteiger partial charge on any atom is 0.449 e. The molecule has 0 spiro atoms. The van der Waals surface area contributed by atoms with E-state index in [1.165, 1.54) is 7.05 Å². The van der Waals surface area contributed by atoms with Gasteiger partial charge < -0.3 is 25.2 Å². The summed E-state index contributed by atoms with van der Waals surface area (Å²) in [6, 6.07) is -0.441.